The fourth-order valence-corrected chi connectivity index (χ4v) is 4.68. The number of halogens is 2. The van der Waals surface area contributed by atoms with Crippen LogP contribution in [0.4, 0.5) is 0 Å². The second kappa shape index (κ2) is 6.37. The quantitative estimate of drug-likeness (QED) is 0.632. The Labute approximate surface area is 135 Å². The van der Waals surface area contributed by atoms with Crippen molar-refractivity contribution in [2.75, 3.05) is 0 Å². The molecule has 2 aliphatic carbocycles. The lowest BCUT2D eigenvalue weighted by atomic mass is 9.61. The molecule has 0 bridgehead atoms. The highest BCUT2D eigenvalue weighted by molar-refractivity contribution is 9.10. The molecule has 0 aliphatic heterocycles. The van der Waals surface area contributed by atoms with Crippen molar-refractivity contribution in [2.24, 2.45) is 5.41 Å². The summed E-state index contributed by atoms with van der Waals surface area (Å²) in [7, 11) is 0. The molecule has 0 radical (unpaired) electrons. The fraction of sp³-hybridized carbons (Fsp3) is 0.647. The minimum Gasteiger partial charge on any atom is -0.373 e. The van der Waals surface area contributed by atoms with Gasteiger partial charge in [0.2, 0.25) is 0 Å². The van der Waals surface area contributed by atoms with Crippen LogP contribution in [-0.4, -0.2) is 11.5 Å². The third kappa shape index (κ3) is 2.80. The highest BCUT2D eigenvalue weighted by Crippen LogP contribution is 2.55. The Kier molecular flexibility index (Phi) is 4.74. The van der Waals surface area contributed by atoms with Crippen LogP contribution in [0.5, 0.6) is 0 Å². The first kappa shape index (κ1) is 14.9. The number of ether oxygens (including phenoxy) is 1. The standard InChI is InChI=1S/C17H22BrClO/c18-14-8-4-3-7-13(14)12-20-16-11-15(19)17(16)9-5-1-2-6-10-17/h3-4,7-8,15-16H,1-2,5-6,9-12H2. The fourth-order valence-electron chi connectivity index (χ4n) is 3.76. The average molecular weight is 358 g/mol. The highest BCUT2D eigenvalue weighted by Gasteiger charge is 2.54. The number of alkyl halides is 1. The van der Waals surface area contributed by atoms with Crippen LogP contribution in [0.2, 0.25) is 0 Å². The summed E-state index contributed by atoms with van der Waals surface area (Å²) in [6.07, 6.45) is 9.24. The van der Waals surface area contributed by atoms with Gasteiger partial charge in [-0.15, -0.1) is 11.6 Å². The molecule has 110 valence electrons. The second-order valence-electron chi connectivity index (χ2n) is 6.24. The zero-order chi connectivity index (χ0) is 14.0. The van der Waals surface area contributed by atoms with E-state index in [1.54, 1.807) is 0 Å². The van der Waals surface area contributed by atoms with Gasteiger partial charge in [-0.2, -0.15) is 0 Å². The molecule has 1 spiro atoms. The second-order valence-corrected chi connectivity index (χ2v) is 7.62. The molecule has 0 heterocycles. The molecule has 2 saturated carbocycles. The molecule has 1 nitrogen and oxygen atoms in total. The number of benzene rings is 1. The zero-order valence-corrected chi connectivity index (χ0v) is 14.1. The van der Waals surface area contributed by atoms with E-state index in [1.165, 1.54) is 44.1 Å². The Bertz CT molecular complexity index is 454. The minimum atomic E-state index is 0.263. The van der Waals surface area contributed by atoms with Crippen molar-refractivity contribution in [1.29, 1.82) is 0 Å². The van der Waals surface area contributed by atoms with E-state index in [-0.39, 0.29) is 5.41 Å². The van der Waals surface area contributed by atoms with Crippen molar-refractivity contribution in [2.45, 2.75) is 63.0 Å². The molecule has 0 N–H and O–H groups in total. The molecular weight excluding hydrogens is 336 g/mol. The Hall–Kier alpha value is -0.0500. The third-order valence-electron chi connectivity index (χ3n) is 5.12. The van der Waals surface area contributed by atoms with Gasteiger partial charge < -0.3 is 4.74 Å². The molecule has 3 heteroatoms. The van der Waals surface area contributed by atoms with Crippen LogP contribution < -0.4 is 0 Å². The predicted molar refractivity (Wildman–Crippen MR) is 87.1 cm³/mol. The molecule has 1 aromatic rings. The smallest absolute Gasteiger partial charge is 0.0731 e. The monoisotopic (exact) mass is 356 g/mol. The predicted octanol–water partition coefficient (Wildman–Crippen LogP) is 5.69. The van der Waals surface area contributed by atoms with Crippen LogP contribution >= 0.6 is 27.5 Å². The van der Waals surface area contributed by atoms with Gasteiger partial charge in [-0.05, 0) is 30.9 Å². The molecule has 2 unspecified atom stereocenters. The summed E-state index contributed by atoms with van der Waals surface area (Å²) in [5.74, 6) is 0. The van der Waals surface area contributed by atoms with Crippen molar-refractivity contribution in [3.05, 3.63) is 34.3 Å². The summed E-state index contributed by atoms with van der Waals surface area (Å²) in [4.78, 5) is 0. The van der Waals surface area contributed by atoms with Gasteiger partial charge in [-0.1, -0.05) is 59.8 Å². The van der Waals surface area contributed by atoms with Gasteiger partial charge >= 0.3 is 0 Å². The lowest BCUT2D eigenvalue weighted by Crippen LogP contribution is -2.55. The van der Waals surface area contributed by atoms with E-state index in [1.807, 2.05) is 6.07 Å². The van der Waals surface area contributed by atoms with E-state index >= 15 is 0 Å². The van der Waals surface area contributed by atoms with Crippen LogP contribution in [0.1, 0.15) is 50.5 Å². The first-order valence-electron chi connectivity index (χ1n) is 7.71. The zero-order valence-electron chi connectivity index (χ0n) is 11.8. The summed E-state index contributed by atoms with van der Waals surface area (Å²) in [6, 6.07) is 8.31. The van der Waals surface area contributed by atoms with Gasteiger partial charge in [0.25, 0.3) is 0 Å². The Morgan fingerprint density at radius 3 is 2.50 bits per heavy atom. The number of rotatable bonds is 3. The Morgan fingerprint density at radius 2 is 1.85 bits per heavy atom. The maximum atomic E-state index is 6.58. The molecule has 1 aromatic carbocycles. The van der Waals surface area contributed by atoms with Crippen molar-refractivity contribution < 1.29 is 4.74 Å². The van der Waals surface area contributed by atoms with Gasteiger partial charge in [-0.3, -0.25) is 0 Å². The van der Waals surface area contributed by atoms with E-state index < -0.39 is 0 Å². The van der Waals surface area contributed by atoms with E-state index in [2.05, 4.69) is 34.1 Å². The van der Waals surface area contributed by atoms with Crippen LogP contribution in [0.25, 0.3) is 0 Å². The van der Waals surface area contributed by atoms with Gasteiger partial charge in [0, 0.05) is 15.3 Å². The summed E-state index contributed by atoms with van der Waals surface area (Å²) >= 11 is 10.2. The van der Waals surface area contributed by atoms with Crippen molar-refractivity contribution >= 4 is 27.5 Å². The Balaban J connectivity index is 1.64. The summed E-state index contributed by atoms with van der Waals surface area (Å²) < 4.78 is 7.39. The van der Waals surface area contributed by atoms with Crippen LogP contribution in [-0.2, 0) is 11.3 Å². The Morgan fingerprint density at radius 1 is 1.15 bits per heavy atom. The lowest BCUT2D eigenvalue weighted by molar-refractivity contribution is -0.122. The highest BCUT2D eigenvalue weighted by atomic mass is 79.9. The molecule has 0 aromatic heterocycles. The van der Waals surface area contributed by atoms with E-state index in [9.17, 15) is 0 Å². The first-order chi connectivity index (χ1) is 9.72. The third-order valence-corrected chi connectivity index (χ3v) is 6.50. The average Bonchev–Trinajstić information content (AvgIpc) is 2.73. The molecule has 3 rings (SSSR count). The molecular formula is C17H22BrClO. The van der Waals surface area contributed by atoms with Gasteiger partial charge in [0.15, 0.2) is 0 Å². The van der Waals surface area contributed by atoms with Crippen LogP contribution in [0, 0.1) is 5.41 Å². The van der Waals surface area contributed by atoms with E-state index in [0.29, 0.717) is 18.1 Å². The molecule has 2 aliphatic rings. The van der Waals surface area contributed by atoms with E-state index in [0.717, 1.165) is 10.9 Å². The minimum absolute atomic E-state index is 0.263. The lowest BCUT2D eigenvalue weighted by Gasteiger charge is -2.53. The summed E-state index contributed by atoms with van der Waals surface area (Å²) in [6.45, 7) is 0.692. The van der Waals surface area contributed by atoms with Crippen molar-refractivity contribution in [1.82, 2.24) is 0 Å². The van der Waals surface area contributed by atoms with Crippen molar-refractivity contribution in [3.8, 4) is 0 Å². The van der Waals surface area contributed by atoms with Crippen LogP contribution in [0.3, 0.4) is 0 Å². The number of hydrogen-bond donors (Lipinski definition) is 0. The largest absolute Gasteiger partial charge is 0.373 e. The molecule has 2 fully saturated rings. The van der Waals surface area contributed by atoms with Gasteiger partial charge in [0.1, 0.15) is 0 Å². The molecule has 0 amide bonds. The van der Waals surface area contributed by atoms with Gasteiger partial charge in [0.05, 0.1) is 12.7 Å². The molecule has 2 atom stereocenters. The normalized spacial score (nSPS) is 28.9. The first-order valence-corrected chi connectivity index (χ1v) is 8.94. The molecule has 20 heavy (non-hydrogen) atoms. The number of hydrogen-bond acceptors (Lipinski definition) is 1. The molecule has 0 saturated heterocycles. The van der Waals surface area contributed by atoms with E-state index in [4.69, 9.17) is 16.3 Å². The van der Waals surface area contributed by atoms with Gasteiger partial charge in [-0.25, -0.2) is 0 Å². The van der Waals surface area contributed by atoms with Crippen LogP contribution in [0.15, 0.2) is 28.7 Å². The van der Waals surface area contributed by atoms with Crippen molar-refractivity contribution in [3.63, 3.8) is 0 Å². The summed E-state index contributed by atoms with van der Waals surface area (Å²) in [5.41, 5.74) is 1.49. The SMILES string of the molecule is ClC1CC(OCc2ccccc2Br)C12CCCCCC2. The maximum absolute atomic E-state index is 6.58. The summed E-state index contributed by atoms with van der Waals surface area (Å²) in [5, 5.41) is 0.324. The maximum Gasteiger partial charge on any atom is 0.0731 e. The topological polar surface area (TPSA) is 9.23 Å².